The first kappa shape index (κ1) is 14.1. The summed E-state index contributed by atoms with van der Waals surface area (Å²) in [4.78, 5) is 2.50. The van der Waals surface area contributed by atoms with Crippen LogP contribution in [-0.4, -0.2) is 13.1 Å². The standard InChI is InChI=1S/C16H27N/c1-6-13-11-14(7-2)16(15(8-3)12-13)17(9-4)10-5/h11-12H,6-10H2,1-5H3. The van der Waals surface area contributed by atoms with Gasteiger partial charge >= 0.3 is 0 Å². The van der Waals surface area contributed by atoms with Gasteiger partial charge in [-0.05, 0) is 49.8 Å². The van der Waals surface area contributed by atoms with Crippen molar-refractivity contribution in [3.05, 3.63) is 28.8 Å². The molecule has 17 heavy (non-hydrogen) atoms. The van der Waals surface area contributed by atoms with Crippen molar-refractivity contribution in [3.8, 4) is 0 Å². The lowest BCUT2D eigenvalue weighted by Gasteiger charge is -2.27. The summed E-state index contributed by atoms with van der Waals surface area (Å²) in [5.41, 5.74) is 6.02. The second-order valence-electron chi connectivity index (χ2n) is 4.50. The number of benzene rings is 1. The van der Waals surface area contributed by atoms with Crippen molar-refractivity contribution in [3.63, 3.8) is 0 Å². The van der Waals surface area contributed by atoms with Crippen LogP contribution in [0.4, 0.5) is 5.69 Å². The van der Waals surface area contributed by atoms with E-state index < -0.39 is 0 Å². The van der Waals surface area contributed by atoms with E-state index in [-0.39, 0.29) is 0 Å². The van der Waals surface area contributed by atoms with Gasteiger partial charge in [-0.3, -0.25) is 0 Å². The molecule has 0 spiro atoms. The molecule has 0 saturated heterocycles. The molecule has 1 aromatic carbocycles. The number of anilines is 1. The summed E-state index contributed by atoms with van der Waals surface area (Å²) in [6, 6.07) is 4.79. The average Bonchev–Trinajstić information content (AvgIpc) is 2.39. The molecule has 0 atom stereocenters. The zero-order chi connectivity index (χ0) is 12.8. The third kappa shape index (κ3) is 3.02. The average molecular weight is 233 g/mol. The van der Waals surface area contributed by atoms with Crippen LogP contribution in [0.3, 0.4) is 0 Å². The third-order valence-corrected chi connectivity index (χ3v) is 3.58. The smallest absolute Gasteiger partial charge is 0.0431 e. The Labute approximate surface area is 107 Å². The van der Waals surface area contributed by atoms with Crippen LogP contribution < -0.4 is 4.90 Å². The van der Waals surface area contributed by atoms with E-state index in [0.29, 0.717) is 0 Å². The SMILES string of the molecule is CCc1cc(CC)c(N(CC)CC)c(CC)c1. The van der Waals surface area contributed by atoms with Crippen molar-refractivity contribution in [2.75, 3.05) is 18.0 Å². The van der Waals surface area contributed by atoms with Crippen LogP contribution in [0.25, 0.3) is 0 Å². The maximum atomic E-state index is 2.50. The Morgan fingerprint density at radius 3 is 1.53 bits per heavy atom. The Morgan fingerprint density at radius 1 is 0.765 bits per heavy atom. The van der Waals surface area contributed by atoms with Gasteiger partial charge in [-0.1, -0.05) is 32.9 Å². The second kappa shape index (κ2) is 6.68. The van der Waals surface area contributed by atoms with Gasteiger partial charge in [0.25, 0.3) is 0 Å². The van der Waals surface area contributed by atoms with E-state index in [0.717, 1.165) is 32.4 Å². The van der Waals surface area contributed by atoms with Crippen molar-refractivity contribution in [1.29, 1.82) is 0 Å². The molecular weight excluding hydrogens is 206 g/mol. The maximum Gasteiger partial charge on any atom is 0.0431 e. The van der Waals surface area contributed by atoms with Gasteiger partial charge in [0.1, 0.15) is 0 Å². The van der Waals surface area contributed by atoms with Crippen LogP contribution in [0.15, 0.2) is 12.1 Å². The van der Waals surface area contributed by atoms with Crippen molar-refractivity contribution >= 4 is 5.69 Å². The summed E-state index contributed by atoms with van der Waals surface area (Å²) in [6.45, 7) is 13.5. The van der Waals surface area contributed by atoms with E-state index >= 15 is 0 Å². The van der Waals surface area contributed by atoms with Crippen molar-refractivity contribution in [2.24, 2.45) is 0 Å². The zero-order valence-corrected chi connectivity index (χ0v) is 12.1. The van der Waals surface area contributed by atoms with Gasteiger partial charge in [0, 0.05) is 18.8 Å². The van der Waals surface area contributed by atoms with Gasteiger partial charge in [0.15, 0.2) is 0 Å². The van der Waals surface area contributed by atoms with Crippen molar-refractivity contribution < 1.29 is 0 Å². The number of nitrogens with zero attached hydrogens (tertiary/aromatic N) is 1. The topological polar surface area (TPSA) is 3.24 Å². The van der Waals surface area contributed by atoms with Crippen molar-refractivity contribution in [1.82, 2.24) is 0 Å². The third-order valence-electron chi connectivity index (χ3n) is 3.58. The monoisotopic (exact) mass is 233 g/mol. The molecule has 0 saturated carbocycles. The van der Waals surface area contributed by atoms with Crippen molar-refractivity contribution in [2.45, 2.75) is 53.9 Å². The lowest BCUT2D eigenvalue weighted by molar-refractivity contribution is 0.842. The van der Waals surface area contributed by atoms with Crippen LogP contribution in [0, 0.1) is 0 Å². The number of hydrogen-bond acceptors (Lipinski definition) is 1. The summed E-state index contributed by atoms with van der Waals surface area (Å²) >= 11 is 0. The first-order chi connectivity index (χ1) is 8.21. The van der Waals surface area contributed by atoms with E-state index in [1.54, 1.807) is 0 Å². The molecule has 0 bridgehead atoms. The molecule has 0 heterocycles. The Hall–Kier alpha value is -0.980. The minimum atomic E-state index is 1.10. The molecular formula is C16H27N. The van der Waals surface area contributed by atoms with Gasteiger partial charge in [-0.15, -0.1) is 0 Å². The Morgan fingerprint density at radius 2 is 1.24 bits per heavy atom. The molecule has 1 aromatic rings. The summed E-state index contributed by atoms with van der Waals surface area (Å²) in [5, 5.41) is 0. The van der Waals surface area contributed by atoms with E-state index in [2.05, 4.69) is 51.7 Å². The molecule has 0 aromatic heterocycles. The molecule has 1 rings (SSSR count). The molecule has 1 heteroatoms. The highest BCUT2D eigenvalue weighted by atomic mass is 15.1. The van der Waals surface area contributed by atoms with E-state index in [1.165, 1.54) is 22.4 Å². The first-order valence-electron chi connectivity index (χ1n) is 7.11. The van der Waals surface area contributed by atoms with Gasteiger partial charge in [-0.2, -0.15) is 0 Å². The number of rotatable bonds is 6. The summed E-state index contributed by atoms with van der Waals surface area (Å²) in [7, 11) is 0. The fourth-order valence-corrected chi connectivity index (χ4v) is 2.52. The fourth-order valence-electron chi connectivity index (χ4n) is 2.52. The van der Waals surface area contributed by atoms with Crippen LogP contribution in [0.2, 0.25) is 0 Å². The molecule has 0 aliphatic heterocycles. The second-order valence-corrected chi connectivity index (χ2v) is 4.50. The lowest BCUT2D eigenvalue weighted by Crippen LogP contribution is -2.24. The highest BCUT2D eigenvalue weighted by Gasteiger charge is 2.13. The summed E-state index contributed by atoms with van der Waals surface area (Å²) in [6.07, 6.45) is 3.40. The largest absolute Gasteiger partial charge is 0.372 e. The summed E-state index contributed by atoms with van der Waals surface area (Å²) < 4.78 is 0. The quantitative estimate of drug-likeness (QED) is 0.711. The van der Waals surface area contributed by atoms with Crippen LogP contribution in [0.1, 0.15) is 51.3 Å². The molecule has 1 nitrogen and oxygen atoms in total. The molecule has 96 valence electrons. The molecule has 0 N–H and O–H groups in total. The molecule has 0 fully saturated rings. The molecule has 0 aliphatic rings. The van der Waals surface area contributed by atoms with Gasteiger partial charge in [0.2, 0.25) is 0 Å². The molecule has 0 amide bonds. The minimum Gasteiger partial charge on any atom is -0.372 e. The molecule has 0 unspecified atom stereocenters. The minimum absolute atomic E-state index is 1.10. The fraction of sp³-hybridized carbons (Fsp3) is 0.625. The number of hydrogen-bond donors (Lipinski definition) is 0. The maximum absolute atomic E-state index is 2.50. The van der Waals surface area contributed by atoms with E-state index in [9.17, 15) is 0 Å². The number of aryl methyl sites for hydroxylation is 3. The predicted molar refractivity (Wildman–Crippen MR) is 78.1 cm³/mol. The normalized spacial score (nSPS) is 10.6. The van der Waals surface area contributed by atoms with Crippen LogP contribution >= 0.6 is 0 Å². The molecule has 0 radical (unpaired) electrons. The van der Waals surface area contributed by atoms with Crippen LogP contribution in [0.5, 0.6) is 0 Å². The highest BCUT2D eigenvalue weighted by molar-refractivity contribution is 5.61. The van der Waals surface area contributed by atoms with E-state index in [4.69, 9.17) is 0 Å². The predicted octanol–water partition coefficient (Wildman–Crippen LogP) is 4.22. The van der Waals surface area contributed by atoms with Gasteiger partial charge < -0.3 is 4.90 Å². The highest BCUT2D eigenvalue weighted by Crippen LogP contribution is 2.28. The first-order valence-corrected chi connectivity index (χ1v) is 7.11. The lowest BCUT2D eigenvalue weighted by atomic mass is 9.97. The Balaban J connectivity index is 3.33. The Bertz CT molecular complexity index is 326. The van der Waals surface area contributed by atoms with Gasteiger partial charge in [-0.25, -0.2) is 0 Å². The zero-order valence-electron chi connectivity index (χ0n) is 12.1. The van der Waals surface area contributed by atoms with Gasteiger partial charge in [0.05, 0.1) is 0 Å². The van der Waals surface area contributed by atoms with E-state index in [1.807, 2.05) is 0 Å². The Kier molecular flexibility index (Phi) is 5.54. The summed E-state index contributed by atoms with van der Waals surface area (Å²) in [5.74, 6) is 0. The molecule has 0 aliphatic carbocycles. The van der Waals surface area contributed by atoms with Crippen LogP contribution in [-0.2, 0) is 19.3 Å².